The van der Waals surface area contributed by atoms with Crippen molar-refractivity contribution in [1.29, 1.82) is 0 Å². The predicted molar refractivity (Wildman–Crippen MR) is 264 cm³/mol. The number of methoxy groups -OCH3 is 4. The molecule has 0 aliphatic rings. The lowest BCUT2D eigenvalue weighted by Gasteiger charge is -2.26. The topological polar surface area (TPSA) is 46.2 Å². The average Bonchev–Trinajstić information content (AvgIpc) is 3.27. The summed E-state index contributed by atoms with van der Waals surface area (Å²) in [7, 11) is 6.64. The normalized spacial score (nSPS) is 9.73. The van der Waals surface area contributed by atoms with Crippen molar-refractivity contribution in [3.05, 3.63) is 157 Å². The second-order valence-electron chi connectivity index (χ2n) is 12.3. The standard InChI is InChI=1S/C17H20O2.C14H14O3.2C8H10S2.3CH4/c1-17(2,13-5-9-15(18-3)10-6-13)14-7-11-16(19-4)12-8-14;1-15-11-3-7-13(8-4-11)17-14-9-5-12(16-2)6-10-14;1-9-7-3-5-8(10-2)6-4-7;1-9-7-4-3-5-8(6-7)10-2;;;/h5-12H,1-4H3;3-10H,1-2H3;2*3-6H,1-2H3;3*1H4. The third-order valence-corrected chi connectivity index (χ3v) is 11.5. The van der Waals surface area contributed by atoms with Crippen molar-refractivity contribution in [2.24, 2.45) is 0 Å². The molecule has 5 nitrogen and oxygen atoms in total. The summed E-state index contributed by atoms with van der Waals surface area (Å²) in [5.74, 6) is 4.94. The van der Waals surface area contributed by atoms with Crippen LogP contribution in [0.2, 0.25) is 0 Å². The van der Waals surface area contributed by atoms with Gasteiger partial charge < -0.3 is 23.7 Å². The van der Waals surface area contributed by atoms with Gasteiger partial charge in [0.15, 0.2) is 0 Å². The van der Waals surface area contributed by atoms with E-state index < -0.39 is 0 Å². The Kier molecular flexibility index (Phi) is 27.7. The maximum Gasteiger partial charge on any atom is 0.127 e. The Labute approximate surface area is 374 Å². The van der Waals surface area contributed by atoms with Gasteiger partial charge >= 0.3 is 0 Å². The SMILES string of the molecule is C.C.C.COc1ccc(C(C)(C)c2ccc(OC)cc2)cc1.COc1ccc(Oc2ccc(OC)cc2)cc1.CSc1ccc(SC)cc1.CSc1cccc(SC)c1. The molecule has 6 rings (SSSR count). The molecule has 0 radical (unpaired) electrons. The molecule has 9 heteroatoms. The Morgan fingerprint density at radius 1 is 0.339 bits per heavy atom. The van der Waals surface area contributed by atoms with Crippen molar-refractivity contribution in [1.82, 2.24) is 0 Å². The molecule has 0 aliphatic carbocycles. The summed E-state index contributed by atoms with van der Waals surface area (Å²) < 4.78 is 26.2. The van der Waals surface area contributed by atoms with Gasteiger partial charge in [-0.05, 0) is 151 Å². The molecule has 6 aromatic rings. The van der Waals surface area contributed by atoms with Crippen LogP contribution in [0.5, 0.6) is 34.5 Å². The number of benzene rings is 6. The molecule has 0 saturated heterocycles. The zero-order chi connectivity index (χ0) is 40.8. The van der Waals surface area contributed by atoms with E-state index in [0.29, 0.717) is 0 Å². The van der Waals surface area contributed by atoms with E-state index in [1.54, 1.807) is 75.5 Å². The van der Waals surface area contributed by atoms with Crippen LogP contribution in [0.3, 0.4) is 0 Å². The van der Waals surface area contributed by atoms with Crippen LogP contribution in [0.1, 0.15) is 47.3 Å². The average molecular weight is 875 g/mol. The Balaban J connectivity index is 0.000000775. The summed E-state index contributed by atoms with van der Waals surface area (Å²) in [6.45, 7) is 4.44. The van der Waals surface area contributed by atoms with Gasteiger partial charge in [-0.1, -0.05) is 66.5 Å². The van der Waals surface area contributed by atoms with Crippen molar-refractivity contribution >= 4 is 47.0 Å². The van der Waals surface area contributed by atoms with Crippen molar-refractivity contribution in [3.63, 3.8) is 0 Å². The van der Waals surface area contributed by atoms with Crippen LogP contribution in [0.15, 0.2) is 165 Å². The number of thioether (sulfide) groups is 4. The third-order valence-electron chi connectivity index (χ3n) is 8.55. The van der Waals surface area contributed by atoms with Gasteiger partial charge in [-0.2, -0.15) is 0 Å². The molecule has 0 unspecified atom stereocenters. The summed E-state index contributed by atoms with van der Waals surface area (Å²) >= 11 is 7.13. The van der Waals surface area contributed by atoms with Crippen LogP contribution in [-0.4, -0.2) is 53.5 Å². The van der Waals surface area contributed by atoms with Gasteiger partial charge in [0.25, 0.3) is 0 Å². The predicted octanol–water partition coefficient (Wildman–Crippen LogP) is 15.7. The smallest absolute Gasteiger partial charge is 0.127 e. The van der Waals surface area contributed by atoms with Gasteiger partial charge in [0.05, 0.1) is 28.4 Å². The summed E-state index contributed by atoms with van der Waals surface area (Å²) in [5, 5.41) is 0. The molecule has 0 bridgehead atoms. The summed E-state index contributed by atoms with van der Waals surface area (Å²) in [6.07, 6.45) is 8.38. The molecule has 0 aromatic heterocycles. The van der Waals surface area contributed by atoms with Crippen LogP contribution in [0, 0.1) is 0 Å². The fourth-order valence-corrected chi connectivity index (χ4v) is 6.86. The molecule has 59 heavy (non-hydrogen) atoms. The van der Waals surface area contributed by atoms with E-state index in [-0.39, 0.29) is 27.7 Å². The maximum atomic E-state index is 5.67. The van der Waals surface area contributed by atoms with Crippen LogP contribution in [0.25, 0.3) is 0 Å². The first-order chi connectivity index (χ1) is 27.1. The fraction of sp³-hybridized carbons (Fsp3) is 0.280. The maximum absolute atomic E-state index is 5.67. The van der Waals surface area contributed by atoms with E-state index in [2.05, 4.69) is 112 Å². The van der Waals surface area contributed by atoms with Crippen molar-refractivity contribution < 1.29 is 23.7 Å². The molecule has 0 aliphatic heterocycles. The summed E-state index contributed by atoms with van der Waals surface area (Å²) in [6, 6.07) is 48.5. The van der Waals surface area contributed by atoms with E-state index in [9.17, 15) is 0 Å². The van der Waals surface area contributed by atoms with E-state index >= 15 is 0 Å². The van der Waals surface area contributed by atoms with Crippen molar-refractivity contribution in [2.75, 3.05) is 53.5 Å². The van der Waals surface area contributed by atoms with E-state index in [1.165, 1.54) is 30.7 Å². The lowest BCUT2D eigenvalue weighted by Crippen LogP contribution is -2.18. The van der Waals surface area contributed by atoms with Crippen LogP contribution < -0.4 is 23.7 Å². The fourth-order valence-electron chi connectivity index (χ4n) is 5.05. The highest BCUT2D eigenvalue weighted by Gasteiger charge is 2.23. The van der Waals surface area contributed by atoms with Gasteiger partial charge in [0.1, 0.15) is 34.5 Å². The molecule has 0 spiro atoms. The molecular weight excluding hydrogens is 809 g/mol. The minimum Gasteiger partial charge on any atom is -0.497 e. The number of rotatable bonds is 12. The molecule has 0 fully saturated rings. The highest BCUT2D eigenvalue weighted by Crippen LogP contribution is 2.33. The molecule has 0 saturated carbocycles. The molecule has 0 atom stereocenters. The molecule has 0 N–H and O–H groups in total. The molecule has 0 amide bonds. The zero-order valence-corrected chi connectivity index (χ0v) is 37.3. The highest BCUT2D eigenvalue weighted by molar-refractivity contribution is 7.99. The highest BCUT2D eigenvalue weighted by atomic mass is 32.2. The van der Waals surface area contributed by atoms with E-state index in [4.69, 9.17) is 23.7 Å². The monoisotopic (exact) mass is 874 g/mol. The Morgan fingerprint density at radius 2 is 0.593 bits per heavy atom. The van der Waals surface area contributed by atoms with Crippen LogP contribution in [-0.2, 0) is 5.41 Å². The summed E-state index contributed by atoms with van der Waals surface area (Å²) in [5.41, 5.74) is 2.48. The van der Waals surface area contributed by atoms with Gasteiger partial charge in [-0.25, -0.2) is 0 Å². The van der Waals surface area contributed by atoms with E-state index in [0.717, 1.165) is 34.5 Å². The molecule has 0 heterocycles. The largest absolute Gasteiger partial charge is 0.497 e. The minimum atomic E-state index is -0.0431. The molecular formula is C50H66O5S4. The first-order valence-electron chi connectivity index (χ1n) is 17.7. The zero-order valence-electron chi connectivity index (χ0n) is 34.0. The Bertz CT molecular complexity index is 1810. The van der Waals surface area contributed by atoms with Crippen molar-refractivity contribution in [2.45, 2.75) is 61.1 Å². The van der Waals surface area contributed by atoms with Gasteiger partial charge in [0, 0.05) is 25.0 Å². The Hall–Kier alpha value is -4.28. The quantitative estimate of drug-likeness (QED) is 0.112. The van der Waals surface area contributed by atoms with Gasteiger partial charge in [-0.15, -0.1) is 47.0 Å². The van der Waals surface area contributed by atoms with Crippen LogP contribution >= 0.6 is 47.0 Å². The Morgan fingerprint density at radius 3 is 0.847 bits per heavy atom. The third kappa shape index (κ3) is 18.7. The van der Waals surface area contributed by atoms with Gasteiger partial charge in [-0.3, -0.25) is 0 Å². The number of hydrogen-bond acceptors (Lipinski definition) is 9. The molecule has 6 aromatic carbocycles. The second-order valence-corrected chi connectivity index (χ2v) is 15.8. The number of ether oxygens (including phenoxy) is 5. The lowest BCUT2D eigenvalue weighted by atomic mass is 9.78. The lowest BCUT2D eigenvalue weighted by molar-refractivity contribution is 0.411. The second kappa shape index (κ2) is 29.9. The summed E-state index contributed by atoms with van der Waals surface area (Å²) in [4.78, 5) is 5.34. The van der Waals surface area contributed by atoms with Gasteiger partial charge in [0.2, 0.25) is 0 Å². The molecule has 320 valence electrons. The number of hydrogen-bond donors (Lipinski definition) is 0. The first kappa shape index (κ1) is 54.7. The van der Waals surface area contributed by atoms with E-state index in [1.807, 2.05) is 72.8 Å². The van der Waals surface area contributed by atoms with Crippen LogP contribution in [0.4, 0.5) is 0 Å². The first-order valence-corrected chi connectivity index (χ1v) is 22.6. The van der Waals surface area contributed by atoms with Crippen molar-refractivity contribution in [3.8, 4) is 34.5 Å². The minimum absolute atomic E-state index is 0.